The predicted octanol–water partition coefficient (Wildman–Crippen LogP) is 2.41. The molecule has 0 aliphatic rings. The zero-order valence-corrected chi connectivity index (χ0v) is 16.3. The van der Waals surface area contributed by atoms with E-state index in [1.54, 1.807) is 18.4 Å². The van der Waals surface area contributed by atoms with E-state index in [2.05, 4.69) is 15.4 Å². The molecular weight excluding hydrogens is 374 g/mol. The van der Waals surface area contributed by atoms with Gasteiger partial charge in [-0.25, -0.2) is 4.98 Å². The lowest BCUT2D eigenvalue weighted by Crippen LogP contribution is -2.35. The van der Waals surface area contributed by atoms with Gasteiger partial charge < -0.3 is 5.32 Å². The van der Waals surface area contributed by atoms with Crippen molar-refractivity contribution >= 4 is 28.3 Å². The smallest absolute Gasteiger partial charge is 0.264 e. The van der Waals surface area contributed by atoms with E-state index in [0.29, 0.717) is 11.0 Å². The molecular formula is C20H19N5O2S. The molecule has 3 aromatic heterocycles. The monoisotopic (exact) mass is 393 g/mol. The molecule has 0 bridgehead atoms. The molecule has 28 heavy (non-hydrogen) atoms. The molecule has 8 heteroatoms. The molecule has 1 unspecified atom stereocenters. The number of thiophene rings is 1. The molecule has 3 heterocycles. The zero-order valence-electron chi connectivity index (χ0n) is 15.5. The van der Waals surface area contributed by atoms with Gasteiger partial charge in [0, 0.05) is 11.9 Å². The van der Waals surface area contributed by atoms with Gasteiger partial charge in [0.25, 0.3) is 5.56 Å². The molecule has 4 aromatic rings. The first-order valence-corrected chi connectivity index (χ1v) is 9.67. The quantitative estimate of drug-likeness (QED) is 0.565. The van der Waals surface area contributed by atoms with E-state index < -0.39 is 0 Å². The highest BCUT2D eigenvalue weighted by molar-refractivity contribution is 7.10. The summed E-state index contributed by atoms with van der Waals surface area (Å²) in [6, 6.07) is 11.7. The summed E-state index contributed by atoms with van der Waals surface area (Å²) < 4.78 is 2.84. The molecule has 4 rings (SSSR count). The van der Waals surface area contributed by atoms with Crippen LogP contribution in [-0.2, 0) is 18.4 Å². The van der Waals surface area contributed by atoms with Crippen LogP contribution in [0, 0.1) is 6.92 Å². The standard InChI is InChI=1S/C20H19N5O2S/c1-13-5-7-14(8-6-13)18(16-4-3-9-28-16)23-17(26)11-25-12-21-19-15(20(25)27)10-22-24(19)2/h3-10,12,18H,11H2,1-2H3,(H,23,26). The third-order valence-electron chi connectivity index (χ3n) is 4.58. The Balaban J connectivity index is 1.59. The van der Waals surface area contributed by atoms with Gasteiger partial charge in [0.2, 0.25) is 5.91 Å². The number of benzene rings is 1. The summed E-state index contributed by atoms with van der Waals surface area (Å²) in [5, 5.41) is 9.47. The van der Waals surface area contributed by atoms with Crippen LogP contribution in [-0.4, -0.2) is 25.2 Å². The Labute approximate surface area is 165 Å². The summed E-state index contributed by atoms with van der Waals surface area (Å²) in [4.78, 5) is 30.6. The van der Waals surface area contributed by atoms with Crippen LogP contribution in [0.3, 0.4) is 0 Å². The summed E-state index contributed by atoms with van der Waals surface area (Å²) in [7, 11) is 1.72. The highest BCUT2D eigenvalue weighted by atomic mass is 32.1. The summed E-state index contributed by atoms with van der Waals surface area (Å²) in [5.41, 5.74) is 2.37. The van der Waals surface area contributed by atoms with Crippen molar-refractivity contribution in [1.29, 1.82) is 0 Å². The highest BCUT2D eigenvalue weighted by Gasteiger charge is 2.19. The predicted molar refractivity (Wildman–Crippen MR) is 108 cm³/mol. The van der Waals surface area contributed by atoms with Gasteiger partial charge in [-0.3, -0.25) is 18.8 Å². The average molecular weight is 393 g/mol. The number of aryl methyl sites for hydroxylation is 2. The second-order valence-corrected chi connectivity index (χ2v) is 7.59. The number of rotatable bonds is 5. The molecule has 142 valence electrons. The zero-order chi connectivity index (χ0) is 19.7. The largest absolute Gasteiger partial charge is 0.343 e. The molecule has 0 aliphatic carbocycles. The van der Waals surface area contributed by atoms with Gasteiger partial charge in [-0.1, -0.05) is 35.9 Å². The minimum atomic E-state index is -0.281. The second-order valence-electron chi connectivity index (χ2n) is 6.61. The third-order valence-corrected chi connectivity index (χ3v) is 5.51. The molecule has 1 N–H and O–H groups in total. The van der Waals surface area contributed by atoms with Gasteiger partial charge in [-0.15, -0.1) is 11.3 Å². The van der Waals surface area contributed by atoms with E-state index in [1.807, 2.05) is 48.7 Å². The minimum Gasteiger partial charge on any atom is -0.343 e. The molecule has 0 saturated carbocycles. The molecule has 7 nitrogen and oxygen atoms in total. The van der Waals surface area contributed by atoms with E-state index in [4.69, 9.17) is 0 Å². The van der Waals surface area contributed by atoms with Crippen molar-refractivity contribution in [2.75, 3.05) is 0 Å². The van der Waals surface area contributed by atoms with Crippen LogP contribution in [0.15, 0.2) is 59.1 Å². The Bertz CT molecular complexity index is 1180. The summed E-state index contributed by atoms with van der Waals surface area (Å²) in [5.74, 6) is -0.258. The minimum absolute atomic E-state index is 0.107. The maximum Gasteiger partial charge on any atom is 0.264 e. The van der Waals surface area contributed by atoms with Crippen molar-refractivity contribution in [2.24, 2.45) is 7.05 Å². The highest BCUT2D eigenvalue weighted by Crippen LogP contribution is 2.26. The molecule has 0 spiro atoms. The van der Waals surface area contributed by atoms with E-state index in [1.165, 1.54) is 21.8 Å². The van der Waals surface area contributed by atoms with Crippen LogP contribution in [0.4, 0.5) is 0 Å². The van der Waals surface area contributed by atoms with Crippen molar-refractivity contribution in [3.8, 4) is 0 Å². The van der Waals surface area contributed by atoms with Crippen molar-refractivity contribution in [2.45, 2.75) is 19.5 Å². The Hall–Kier alpha value is -3.26. The third kappa shape index (κ3) is 3.46. The van der Waals surface area contributed by atoms with E-state index in [0.717, 1.165) is 16.0 Å². The molecule has 1 atom stereocenters. The van der Waals surface area contributed by atoms with Crippen LogP contribution in [0.1, 0.15) is 22.0 Å². The van der Waals surface area contributed by atoms with Crippen molar-refractivity contribution in [3.05, 3.63) is 80.7 Å². The number of hydrogen-bond donors (Lipinski definition) is 1. The molecule has 0 radical (unpaired) electrons. The van der Waals surface area contributed by atoms with Crippen LogP contribution in [0.25, 0.3) is 11.0 Å². The van der Waals surface area contributed by atoms with Gasteiger partial charge in [0.05, 0.1) is 12.2 Å². The van der Waals surface area contributed by atoms with Crippen LogP contribution in [0.5, 0.6) is 0 Å². The first-order chi connectivity index (χ1) is 13.5. The molecule has 0 fully saturated rings. The maximum atomic E-state index is 12.7. The molecule has 1 amide bonds. The van der Waals surface area contributed by atoms with E-state index >= 15 is 0 Å². The van der Waals surface area contributed by atoms with Gasteiger partial charge in [-0.05, 0) is 23.9 Å². The van der Waals surface area contributed by atoms with Gasteiger partial charge in [-0.2, -0.15) is 5.10 Å². The lowest BCUT2D eigenvalue weighted by Gasteiger charge is -2.18. The molecule has 1 aromatic carbocycles. The van der Waals surface area contributed by atoms with E-state index in [-0.39, 0.29) is 24.1 Å². The fraction of sp³-hybridized carbons (Fsp3) is 0.200. The Morgan fingerprint density at radius 2 is 2.04 bits per heavy atom. The normalized spacial score (nSPS) is 12.2. The Kier molecular flexibility index (Phi) is 4.79. The Morgan fingerprint density at radius 3 is 2.75 bits per heavy atom. The average Bonchev–Trinajstić information content (AvgIpc) is 3.34. The number of carbonyl (C=O) groups is 1. The summed E-state index contributed by atoms with van der Waals surface area (Å²) in [6.07, 6.45) is 2.86. The number of nitrogens with zero attached hydrogens (tertiary/aromatic N) is 4. The number of aromatic nitrogens is 4. The Morgan fingerprint density at radius 1 is 1.25 bits per heavy atom. The maximum absolute atomic E-state index is 12.7. The first-order valence-electron chi connectivity index (χ1n) is 8.79. The van der Waals surface area contributed by atoms with Crippen molar-refractivity contribution in [3.63, 3.8) is 0 Å². The topological polar surface area (TPSA) is 81.8 Å². The number of carbonyl (C=O) groups excluding carboxylic acids is 1. The van der Waals surface area contributed by atoms with Gasteiger partial charge in [0.15, 0.2) is 5.65 Å². The lowest BCUT2D eigenvalue weighted by atomic mass is 10.0. The van der Waals surface area contributed by atoms with E-state index in [9.17, 15) is 9.59 Å². The molecule has 0 aliphatic heterocycles. The molecule has 0 saturated heterocycles. The fourth-order valence-corrected chi connectivity index (χ4v) is 3.88. The second kappa shape index (κ2) is 7.40. The van der Waals surface area contributed by atoms with Gasteiger partial charge >= 0.3 is 0 Å². The van der Waals surface area contributed by atoms with Crippen molar-refractivity contribution in [1.82, 2.24) is 24.6 Å². The van der Waals surface area contributed by atoms with Crippen LogP contribution in [0.2, 0.25) is 0 Å². The fourth-order valence-electron chi connectivity index (χ4n) is 3.07. The number of nitrogens with one attached hydrogen (secondary N) is 1. The van der Waals surface area contributed by atoms with Crippen LogP contribution >= 0.6 is 11.3 Å². The van der Waals surface area contributed by atoms with Gasteiger partial charge in [0.1, 0.15) is 18.3 Å². The lowest BCUT2D eigenvalue weighted by molar-refractivity contribution is -0.122. The number of fused-ring (bicyclic) bond motifs is 1. The van der Waals surface area contributed by atoms with Crippen LogP contribution < -0.4 is 10.9 Å². The SMILES string of the molecule is Cc1ccc(C(NC(=O)Cn2cnc3c(cnn3C)c2=O)c2cccs2)cc1. The summed E-state index contributed by atoms with van der Waals surface area (Å²) in [6.45, 7) is 1.92. The summed E-state index contributed by atoms with van der Waals surface area (Å²) >= 11 is 1.58. The van der Waals surface area contributed by atoms with Crippen molar-refractivity contribution < 1.29 is 4.79 Å². The number of hydrogen-bond acceptors (Lipinski definition) is 5. The number of amides is 1. The first kappa shape index (κ1) is 18.1.